The minimum atomic E-state index is -0.731. The van der Waals surface area contributed by atoms with Gasteiger partial charge in [-0.2, -0.15) is 0 Å². The molecule has 0 fully saturated rings. The summed E-state index contributed by atoms with van der Waals surface area (Å²) in [5.41, 5.74) is 6.20. The number of oxime groups is 1. The van der Waals surface area contributed by atoms with Crippen LogP contribution in [0.5, 0.6) is 0 Å². The first-order valence-electron chi connectivity index (χ1n) is 4.40. The highest BCUT2D eigenvalue weighted by molar-refractivity contribution is 5.62. The Kier molecular flexibility index (Phi) is 4.68. The maximum absolute atomic E-state index is 9.00. The summed E-state index contributed by atoms with van der Waals surface area (Å²) >= 11 is 0. The molecule has 76 valence electrons. The minimum absolute atomic E-state index is 0.151. The SMILES string of the molecule is NCC(O)/C=N/OCc1ccccc1. The van der Waals surface area contributed by atoms with Crippen molar-refractivity contribution in [2.45, 2.75) is 12.7 Å². The van der Waals surface area contributed by atoms with E-state index in [1.54, 1.807) is 0 Å². The molecule has 1 aromatic carbocycles. The number of nitrogens with two attached hydrogens (primary N) is 1. The van der Waals surface area contributed by atoms with Crippen molar-refractivity contribution in [1.29, 1.82) is 0 Å². The van der Waals surface area contributed by atoms with Crippen LogP contribution in [0.4, 0.5) is 0 Å². The van der Waals surface area contributed by atoms with Crippen molar-refractivity contribution in [3.63, 3.8) is 0 Å². The minimum Gasteiger partial charge on any atom is -0.391 e. The molecule has 3 N–H and O–H groups in total. The lowest BCUT2D eigenvalue weighted by Crippen LogP contribution is -2.20. The quantitative estimate of drug-likeness (QED) is 0.530. The van der Waals surface area contributed by atoms with Crippen LogP contribution in [0.1, 0.15) is 5.56 Å². The Labute approximate surface area is 83.0 Å². The third kappa shape index (κ3) is 4.02. The highest BCUT2D eigenvalue weighted by Crippen LogP contribution is 1.99. The summed E-state index contributed by atoms with van der Waals surface area (Å²) in [6.45, 7) is 0.548. The number of rotatable bonds is 5. The molecule has 0 saturated carbocycles. The number of aliphatic hydroxyl groups is 1. The van der Waals surface area contributed by atoms with Gasteiger partial charge in [0.2, 0.25) is 0 Å². The van der Waals surface area contributed by atoms with Gasteiger partial charge in [-0.25, -0.2) is 0 Å². The lowest BCUT2D eigenvalue weighted by Gasteiger charge is -2.00. The van der Waals surface area contributed by atoms with Crippen molar-refractivity contribution in [2.24, 2.45) is 10.9 Å². The van der Waals surface area contributed by atoms with E-state index in [0.29, 0.717) is 6.61 Å². The van der Waals surface area contributed by atoms with Crippen molar-refractivity contribution in [2.75, 3.05) is 6.54 Å². The first-order chi connectivity index (χ1) is 6.83. The summed E-state index contributed by atoms with van der Waals surface area (Å²) in [5.74, 6) is 0. The summed E-state index contributed by atoms with van der Waals surface area (Å²) in [5, 5.41) is 12.6. The fraction of sp³-hybridized carbons (Fsp3) is 0.300. The Balaban J connectivity index is 2.25. The van der Waals surface area contributed by atoms with E-state index in [-0.39, 0.29) is 6.54 Å². The summed E-state index contributed by atoms with van der Waals surface area (Å²) in [6.07, 6.45) is 0.550. The monoisotopic (exact) mass is 194 g/mol. The van der Waals surface area contributed by atoms with Crippen molar-refractivity contribution < 1.29 is 9.94 Å². The molecule has 1 unspecified atom stereocenters. The third-order valence-corrected chi connectivity index (χ3v) is 1.62. The van der Waals surface area contributed by atoms with Crippen LogP contribution in [0, 0.1) is 0 Å². The van der Waals surface area contributed by atoms with Gasteiger partial charge >= 0.3 is 0 Å². The van der Waals surface area contributed by atoms with E-state index in [0.717, 1.165) is 5.56 Å². The lowest BCUT2D eigenvalue weighted by atomic mass is 10.2. The second-order valence-electron chi connectivity index (χ2n) is 2.82. The van der Waals surface area contributed by atoms with Crippen molar-refractivity contribution in [3.05, 3.63) is 35.9 Å². The predicted octanol–water partition coefficient (Wildman–Crippen LogP) is 0.509. The fourth-order valence-corrected chi connectivity index (χ4v) is 0.860. The zero-order chi connectivity index (χ0) is 10.2. The number of nitrogens with zero attached hydrogens (tertiary/aromatic N) is 1. The lowest BCUT2D eigenvalue weighted by molar-refractivity contribution is 0.127. The topological polar surface area (TPSA) is 67.8 Å². The molecule has 1 aromatic rings. The average molecular weight is 194 g/mol. The van der Waals surface area contributed by atoms with Crippen LogP contribution in [-0.4, -0.2) is 24.0 Å². The van der Waals surface area contributed by atoms with E-state index in [1.807, 2.05) is 30.3 Å². The molecule has 1 rings (SSSR count). The molecule has 0 aromatic heterocycles. The Hall–Kier alpha value is -1.39. The summed E-state index contributed by atoms with van der Waals surface area (Å²) in [7, 11) is 0. The smallest absolute Gasteiger partial charge is 0.142 e. The van der Waals surface area contributed by atoms with E-state index >= 15 is 0 Å². The number of benzene rings is 1. The maximum atomic E-state index is 9.00. The van der Waals surface area contributed by atoms with Gasteiger partial charge in [-0.3, -0.25) is 0 Å². The zero-order valence-electron chi connectivity index (χ0n) is 7.84. The molecule has 0 bridgehead atoms. The van der Waals surface area contributed by atoms with Crippen LogP contribution in [0.3, 0.4) is 0 Å². The molecule has 0 amide bonds. The molecule has 0 aliphatic carbocycles. The second kappa shape index (κ2) is 6.12. The van der Waals surface area contributed by atoms with Crippen molar-refractivity contribution in [3.8, 4) is 0 Å². The molecule has 0 spiro atoms. The Bertz CT molecular complexity index is 275. The maximum Gasteiger partial charge on any atom is 0.142 e. The number of hydrogen-bond acceptors (Lipinski definition) is 4. The van der Waals surface area contributed by atoms with Gasteiger partial charge in [0, 0.05) is 6.54 Å². The third-order valence-electron chi connectivity index (χ3n) is 1.62. The highest BCUT2D eigenvalue weighted by atomic mass is 16.6. The predicted molar refractivity (Wildman–Crippen MR) is 54.8 cm³/mol. The van der Waals surface area contributed by atoms with Gasteiger partial charge in [0.05, 0.1) is 6.21 Å². The van der Waals surface area contributed by atoms with Gasteiger partial charge in [-0.15, -0.1) is 0 Å². The summed E-state index contributed by atoms with van der Waals surface area (Å²) in [4.78, 5) is 4.95. The Morgan fingerprint density at radius 1 is 1.43 bits per heavy atom. The van der Waals surface area contributed by atoms with Crippen LogP contribution in [0.25, 0.3) is 0 Å². The van der Waals surface area contributed by atoms with E-state index in [9.17, 15) is 0 Å². The standard InChI is InChI=1S/C10H14N2O2/c11-6-10(13)7-12-14-8-9-4-2-1-3-5-9/h1-5,7,10,13H,6,8,11H2/b12-7+. The Morgan fingerprint density at radius 2 is 2.14 bits per heavy atom. The summed E-state index contributed by atoms with van der Waals surface area (Å²) < 4.78 is 0. The normalized spacial score (nSPS) is 13.0. The van der Waals surface area contributed by atoms with Crippen LogP contribution in [-0.2, 0) is 11.4 Å². The van der Waals surface area contributed by atoms with Gasteiger partial charge in [0.25, 0.3) is 0 Å². The van der Waals surface area contributed by atoms with Gasteiger partial charge in [-0.05, 0) is 5.56 Å². The number of aliphatic hydroxyl groups excluding tert-OH is 1. The van der Waals surface area contributed by atoms with E-state index < -0.39 is 6.10 Å². The van der Waals surface area contributed by atoms with Gasteiger partial charge < -0.3 is 15.7 Å². The Morgan fingerprint density at radius 3 is 2.79 bits per heavy atom. The highest BCUT2D eigenvalue weighted by Gasteiger charge is 1.94. The molecular weight excluding hydrogens is 180 g/mol. The molecular formula is C10H14N2O2. The molecule has 0 heterocycles. The summed E-state index contributed by atoms with van der Waals surface area (Å²) in [6, 6.07) is 9.67. The van der Waals surface area contributed by atoms with Crippen LogP contribution in [0.15, 0.2) is 35.5 Å². The van der Waals surface area contributed by atoms with Gasteiger partial charge in [0.15, 0.2) is 0 Å². The molecule has 0 aliphatic heterocycles. The number of hydrogen-bond donors (Lipinski definition) is 2. The van der Waals surface area contributed by atoms with Gasteiger partial charge in [-0.1, -0.05) is 35.5 Å². The first kappa shape index (κ1) is 10.7. The fourth-order valence-electron chi connectivity index (χ4n) is 0.860. The van der Waals surface area contributed by atoms with Crippen LogP contribution in [0.2, 0.25) is 0 Å². The largest absolute Gasteiger partial charge is 0.391 e. The molecule has 14 heavy (non-hydrogen) atoms. The van der Waals surface area contributed by atoms with Crippen LogP contribution >= 0.6 is 0 Å². The molecule has 0 aliphatic rings. The second-order valence-corrected chi connectivity index (χ2v) is 2.82. The molecule has 0 saturated heterocycles. The molecule has 0 radical (unpaired) electrons. The van der Waals surface area contributed by atoms with E-state index in [1.165, 1.54) is 6.21 Å². The average Bonchev–Trinajstić information content (AvgIpc) is 2.25. The van der Waals surface area contributed by atoms with Crippen molar-refractivity contribution in [1.82, 2.24) is 0 Å². The van der Waals surface area contributed by atoms with E-state index in [4.69, 9.17) is 15.7 Å². The van der Waals surface area contributed by atoms with Gasteiger partial charge in [0.1, 0.15) is 12.7 Å². The van der Waals surface area contributed by atoms with Crippen molar-refractivity contribution >= 4 is 6.21 Å². The van der Waals surface area contributed by atoms with Crippen LogP contribution < -0.4 is 5.73 Å². The van der Waals surface area contributed by atoms with E-state index in [2.05, 4.69) is 5.16 Å². The molecule has 4 heteroatoms. The molecule has 4 nitrogen and oxygen atoms in total. The first-order valence-corrected chi connectivity index (χ1v) is 4.40. The zero-order valence-corrected chi connectivity index (χ0v) is 7.84. The molecule has 1 atom stereocenters.